The first-order valence-electron chi connectivity index (χ1n) is 7.96. The summed E-state index contributed by atoms with van der Waals surface area (Å²) in [5, 5.41) is 4.83. The summed E-state index contributed by atoms with van der Waals surface area (Å²) in [6.07, 6.45) is 4.13. The second-order valence-corrected chi connectivity index (χ2v) is 6.85. The zero-order valence-electron chi connectivity index (χ0n) is 14.4. The number of rotatable bonds is 4. The Bertz CT molecular complexity index is 891. The van der Waals surface area contributed by atoms with Crippen LogP contribution in [-0.2, 0) is 12.0 Å². The molecule has 3 aromatic rings. The van der Waals surface area contributed by atoms with Crippen molar-refractivity contribution < 1.29 is 0 Å². The van der Waals surface area contributed by atoms with E-state index in [1.165, 1.54) is 0 Å². The highest BCUT2D eigenvalue weighted by molar-refractivity contribution is 5.74. The summed E-state index contributed by atoms with van der Waals surface area (Å²) in [7, 11) is 1.91. The summed E-state index contributed by atoms with van der Waals surface area (Å²) in [5.74, 6) is 0.537. The number of hydrogen-bond acceptors (Lipinski definition) is 5. The number of aromatic nitrogens is 5. The van der Waals surface area contributed by atoms with Crippen LogP contribution in [0.2, 0.25) is 0 Å². The molecule has 3 heterocycles. The third-order valence-corrected chi connectivity index (χ3v) is 3.85. The highest BCUT2D eigenvalue weighted by Gasteiger charge is 2.20. The van der Waals surface area contributed by atoms with Gasteiger partial charge in [0, 0.05) is 31.9 Å². The molecule has 24 heavy (non-hydrogen) atoms. The molecule has 7 nitrogen and oxygen atoms in total. The Morgan fingerprint density at radius 3 is 2.75 bits per heavy atom. The van der Waals surface area contributed by atoms with Crippen molar-refractivity contribution in [2.45, 2.75) is 32.7 Å². The van der Waals surface area contributed by atoms with Gasteiger partial charge in [-0.05, 0) is 32.9 Å². The average molecular weight is 326 g/mol. The molecule has 0 fully saturated rings. The van der Waals surface area contributed by atoms with E-state index in [1.807, 2.05) is 50.9 Å². The summed E-state index contributed by atoms with van der Waals surface area (Å²) < 4.78 is 1.79. The van der Waals surface area contributed by atoms with E-state index in [1.54, 1.807) is 17.1 Å². The zero-order valence-corrected chi connectivity index (χ0v) is 14.4. The van der Waals surface area contributed by atoms with Gasteiger partial charge in [0.25, 0.3) is 5.56 Å². The number of nitrogens with one attached hydrogen (secondary N) is 1. The molecule has 0 spiro atoms. The predicted molar refractivity (Wildman–Crippen MR) is 94.4 cm³/mol. The van der Waals surface area contributed by atoms with E-state index in [-0.39, 0.29) is 11.1 Å². The number of aromatic amines is 1. The van der Waals surface area contributed by atoms with Crippen molar-refractivity contribution in [2.24, 2.45) is 0 Å². The molecule has 0 aromatic carbocycles. The van der Waals surface area contributed by atoms with Crippen molar-refractivity contribution in [3.63, 3.8) is 0 Å². The van der Waals surface area contributed by atoms with Crippen molar-refractivity contribution >= 4 is 17.0 Å². The Labute approximate surface area is 140 Å². The Hall–Kier alpha value is -2.70. The van der Waals surface area contributed by atoms with Crippen LogP contribution >= 0.6 is 0 Å². The van der Waals surface area contributed by atoms with Crippen LogP contribution in [0.3, 0.4) is 0 Å². The lowest BCUT2D eigenvalue weighted by molar-refractivity contribution is 0.366. The fraction of sp³-hybridized carbons (Fsp3) is 0.412. The van der Waals surface area contributed by atoms with Crippen LogP contribution in [0.15, 0.2) is 35.4 Å². The highest BCUT2D eigenvalue weighted by Crippen LogP contribution is 2.19. The lowest BCUT2D eigenvalue weighted by atomic mass is 10.1. The lowest BCUT2D eigenvalue weighted by Crippen LogP contribution is -2.27. The molecule has 0 aliphatic carbocycles. The van der Waals surface area contributed by atoms with Gasteiger partial charge in [0.05, 0.1) is 11.7 Å². The Morgan fingerprint density at radius 2 is 2.08 bits per heavy atom. The van der Waals surface area contributed by atoms with Crippen molar-refractivity contribution in [1.82, 2.24) is 24.7 Å². The van der Waals surface area contributed by atoms with E-state index < -0.39 is 0 Å². The first-order chi connectivity index (χ1) is 11.4. The van der Waals surface area contributed by atoms with Crippen LogP contribution in [-0.4, -0.2) is 38.3 Å². The molecule has 0 aliphatic heterocycles. The van der Waals surface area contributed by atoms with Gasteiger partial charge in [0.15, 0.2) is 5.65 Å². The van der Waals surface area contributed by atoms with Gasteiger partial charge in [-0.2, -0.15) is 10.1 Å². The molecule has 0 bridgehead atoms. The maximum atomic E-state index is 12.3. The summed E-state index contributed by atoms with van der Waals surface area (Å²) in [6, 6.07) is 5.85. The lowest BCUT2D eigenvalue weighted by Gasteiger charge is -2.21. The van der Waals surface area contributed by atoms with Gasteiger partial charge in [-0.25, -0.2) is 4.68 Å². The molecule has 0 atom stereocenters. The second-order valence-electron chi connectivity index (χ2n) is 6.85. The number of nitrogens with zero attached hydrogens (tertiary/aromatic N) is 5. The minimum atomic E-state index is -0.244. The van der Waals surface area contributed by atoms with Crippen molar-refractivity contribution in [3.05, 3.63) is 46.6 Å². The normalized spacial score (nSPS) is 11.8. The van der Waals surface area contributed by atoms with E-state index >= 15 is 0 Å². The first kappa shape index (κ1) is 16.2. The molecule has 0 saturated carbocycles. The minimum absolute atomic E-state index is 0.171. The maximum Gasteiger partial charge on any atom is 0.263 e. The Balaban J connectivity index is 1.90. The highest BCUT2D eigenvalue weighted by atomic mass is 16.1. The number of hydrogen-bond donors (Lipinski definition) is 1. The van der Waals surface area contributed by atoms with Crippen LogP contribution < -0.4 is 10.5 Å². The van der Waals surface area contributed by atoms with Crippen molar-refractivity contribution in [2.75, 3.05) is 18.5 Å². The quantitative estimate of drug-likeness (QED) is 0.792. The van der Waals surface area contributed by atoms with Crippen LogP contribution in [0.1, 0.15) is 26.5 Å². The standard InChI is InChI=1S/C17H22N6O/c1-17(2,3)23-14-13(11-19-23)15(24)21-16(20-14)22(4)10-8-12-7-5-6-9-18-12/h5-7,9,11H,8,10H2,1-4H3,(H,20,21,24). The third-order valence-electron chi connectivity index (χ3n) is 3.85. The SMILES string of the molecule is CN(CCc1ccccn1)c1nc2c(cnn2C(C)(C)C)c(=O)[nH]1. The minimum Gasteiger partial charge on any atom is -0.345 e. The number of fused-ring (bicyclic) bond motifs is 1. The zero-order chi connectivity index (χ0) is 17.3. The van der Waals surface area contributed by atoms with Crippen LogP contribution in [0, 0.1) is 0 Å². The van der Waals surface area contributed by atoms with E-state index in [4.69, 9.17) is 0 Å². The van der Waals surface area contributed by atoms with E-state index in [9.17, 15) is 4.79 Å². The molecule has 0 radical (unpaired) electrons. The summed E-state index contributed by atoms with van der Waals surface area (Å²) in [5.41, 5.74) is 1.19. The average Bonchev–Trinajstić information content (AvgIpc) is 2.98. The Kier molecular flexibility index (Phi) is 4.09. The van der Waals surface area contributed by atoms with Gasteiger partial charge in [0.2, 0.25) is 5.95 Å². The van der Waals surface area contributed by atoms with Gasteiger partial charge in [-0.3, -0.25) is 14.8 Å². The number of anilines is 1. The topological polar surface area (TPSA) is 79.7 Å². The number of H-pyrrole nitrogens is 1. The van der Waals surface area contributed by atoms with Crippen molar-refractivity contribution in [3.8, 4) is 0 Å². The smallest absolute Gasteiger partial charge is 0.263 e. The summed E-state index contributed by atoms with van der Waals surface area (Å²) >= 11 is 0. The van der Waals surface area contributed by atoms with Crippen LogP contribution in [0.4, 0.5) is 5.95 Å². The number of likely N-dealkylation sites (N-methyl/N-ethyl adjacent to an activating group) is 1. The van der Waals surface area contributed by atoms with Gasteiger partial charge in [0.1, 0.15) is 5.39 Å². The summed E-state index contributed by atoms with van der Waals surface area (Å²) in [4.78, 5) is 26.0. The molecule has 0 unspecified atom stereocenters. The Morgan fingerprint density at radius 1 is 1.29 bits per heavy atom. The molecular formula is C17H22N6O. The van der Waals surface area contributed by atoms with E-state index in [2.05, 4.69) is 20.1 Å². The second kappa shape index (κ2) is 6.07. The van der Waals surface area contributed by atoms with Gasteiger partial charge in [-0.1, -0.05) is 6.07 Å². The third kappa shape index (κ3) is 3.15. The summed E-state index contributed by atoms with van der Waals surface area (Å²) in [6.45, 7) is 6.81. The van der Waals surface area contributed by atoms with Crippen LogP contribution in [0.5, 0.6) is 0 Å². The molecule has 0 saturated heterocycles. The predicted octanol–water partition coefficient (Wildman–Crippen LogP) is 1.95. The largest absolute Gasteiger partial charge is 0.345 e. The fourth-order valence-electron chi connectivity index (χ4n) is 2.51. The molecule has 0 amide bonds. The van der Waals surface area contributed by atoms with E-state index in [0.29, 0.717) is 23.5 Å². The monoisotopic (exact) mass is 326 g/mol. The molecule has 3 rings (SSSR count). The van der Waals surface area contributed by atoms with Crippen LogP contribution in [0.25, 0.3) is 11.0 Å². The maximum absolute atomic E-state index is 12.3. The van der Waals surface area contributed by atoms with Gasteiger partial charge < -0.3 is 4.90 Å². The molecule has 126 valence electrons. The fourth-order valence-corrected chi connectivity index (χ4v) is 2.51. The number of pyridine rings is 1. The first-order valence-corrected chi connectivity index (χ1v) is 7.96. The molecule has 7 heteroatoms. The molecular weight excluding hydrogens is 304 g/mol. The van der Waals surface area contributed by atoms with Gasteiger partial charge in [-0.15, -0.1) is 0 Å². The van der Waals surface area contributed by atoms with Crippen molar-refractivity contribution in [1.29, 1.82) is 0 Å². The molecule has 1 N–H and O–H groups in total. The van der Waals surface area contributed by atoms with E-state index in [0.717, 1.165) is 12.1 Å². The van der Waals surface area contributed by atoms with Gasteiger partial charge >= 0.3 is 0 Å². The molecule has 3 aromatic heterocycles. The molecule has 0 aliphatic rings.